The molecule has 0 aliphatic carbocycles. The zero-order valence-corrected chi connectivity index (χ0v) is 20.1. The number of amides is 1. The zero-order chi connectivity index (χ0) is 24.0. The lowest BCUT2D eigenvalue weighted by atomic mass is 10.2. The van der Waals surface area contributed by atoms with Gasteiger partial charge in [0.1, 0.15) is 13.2 Å². The summed E-state index contributed by atoms with van der Waals surface area (Å²) in [7, 11) is 0. The monoisotopic (exact) mass is 487 g/mol. The van der Waals surface area contributed by atoms with Gasteiger partial charge in [-0.3, -0.25) is 14.3 Å². The molecule has 1 aliphatic rings. The second-order valence-electron chi connectivity index (χ2n) is 7.89. The summed E-state index contributed by atoms with van der Waals surface area (Å²) in [5.74, 6) is 2.43. The average Bonchev–Trinajstić information content (AvgIpc) is 3.35. The van der Waals surface area contributed by atoms with E-state index in [1.165, 1.54) is 11.8 Å². The fourth-order valence-corrected chi connectivity index (χ4v) is 4.71. The van der Waals surface area contributed by atoms with Crippen molar-refractivity contribution in [2.24, 2.45) is 0 Å². The molecule has 178 valence electrons. The van der Waals surface area contributed by atoms with Gasteiger partial charge in [-0.2, -0.15) is 0 Å². The van der Waals surface area contributed by atoms with Gasteiger partial charge in [0.25, 0.3) is 0 Å². The molecule has 4 aromatic rings. The summed E-state index contributed by atoms with van der Waals surface area (Å²) in [5.41, 5.74) is 2.78. The number of para-hydroxylation sites is 1. The highest BCUT2D eigenvalue weighted by molar-refractivity contribution is 7.99. The SMILES string of the molecule is CCN(Cc1ccc2c(c1)OCCO2)C(=O)CSc1nnc(-c2cccnc2)n1-c1ccccc1. The minimum atomic E-state index is 0.0259. The molecule has 2 aromatic heterocycles. The van der Waals surface area contributed by atoms with Crippen LogP contribution in [0.4, 0.5) is 0 Å². The summed E-state index contributed by atoms with van der Waals surface area (Å²) in [6, 6.07) is 19.5. The van der Waals surface area contributed by atoms with E-state index >= 15 is 0 Å². The smallest absolute Gasteiger partial charge is 0.233 e. The Hall–Kier alpha value is -3.85. The molecule has 0 radical (unpaired) electrons. The van der Waals surface area contributed by atoms with Gasteiger partial charge in [0.15, 0.2) is 22.5 Å². The van der Waals surface area contributed by atoms with Crippen LogP contribution in [0.25, 0.3) is 17.1 Å². The van der Waals surface area contributed by atoms with Crippen LogP contribution in [-0.4, -0.2) is 56.1 Å². The molecule has 0 bridgehead atoms. The van der Waals surface area contributed by atoms with Gasteiger partial charge in [-0.15, -0.1) is 10.2 Å². The number of hydrogen-bond acceptors (Lipinski definition) is 7. The van der Waals surface area contributed by atoms with Crippen LogP contribution in [0.15, 0.2) is 78.2 Å². The average molecular weight is 488 g/mol. The molecule has 0 atom stereocenters. The van der Waals surface area contributed by atoms with E-state index in [-0.39, 0.29) is 11.7 Å². The number of rotatable bonds is 8. The molecular weight excluding hydrogens is 462 g/mol. The normalized spacial score (nSPS) is 12.4. The first-order chi connectivity index (χ1) is 17.2. The van der Waals surface area contributed by atoms with Crippen molar-refractivity contribution in [1.82, 2.24) is 24.6 Å². The van der Waals surface area contributed by atoms with Crippen LogP contribution in [0, 0.1) is 0 Å². The van der Waals surface area contributed by atoms with Crippen LogP contribution >= 0.6 is 11.8 Å². The van der Waals surface area contributed by atoms with Gasteiger partial charge >= 0.3 is 0 Å². The van der Waals surface area contributed by atoms with Crippen LogP contribution in [-0.2, 0) is 11.3 Å². The maximum Gasteiger partial charge on any atom is 0.233 e. The quantitative estimate of drug-likeness (QED) is 0.344. The molecule has 1 amide bonds. The molecule has 0 N–H and O–H groups in total. The van der Waals surface area contributed by atoms with Gasteiger partial charge in [-0.05, 0) is 48.9 Å². The molecule has 2 aromatic carbocycles. The van der Waals surface area contributed by atoms with E-state index in [1.54, 1.807) is 12.4 Å². The topological polar surface area (TPSA) is 82.4 Å². The second kappa shape index (κ2) is 10.6. The van der Waals surface area contributed by atoms with Crippen molar-refractivity contribution >= 4 is 17.7 Å². The fraction of sp³-hybridized carbons (Fsp3) is 0.231. The third-order valence-electron chi connectivity index (χ3n) is 5.61. The van der Waals surface area contributed by atoms with E-state index in [1.807, 2.05) is 77.1 Å². The van der Waals surface area contributed by atoms with Gasteiger partial charge < -0.3 is 14.4 Å². The van der Waals surface area contributed by atoms with Gasteiger partial charge in [0.2, 0.25) is 5.91 Å². The maximum absolute atomic E-state index is 13.1. The van der Waals surface area contributed by atoms with Crippen LogP contribution < -0.4 is 9.47 Å². The molecule has 5 rings (SSSR count). The van der Waals surface area contributed by atoms with E-state index in [2.05, 4.69) is 15.2 Å². The third kappa shape index (κ3) is 5.14. The molecule has 0 unspecified atom stereocenters. The van der Waals surface area contributed by atoms with E-state index in [4.69, 9.17) is 9.47 Å². The zero-order valence-electron chi connectivity index (χ0n) is 19.3. The molecule has 0 saturated carbocycles. The molecule has 35 heavy (non-hydrogen) atoms. The fourth-order valence-electron chi connectivity index (χ4n) is 3.86. The Bertz CT molecular complexity index is 1300. The van der Waals surface area contributed by atoms with Crippen LogP contribution in [0.3, 0.4) is 0 Å². The van der Waals surface area contributed by atoms with Crippen LogP contribution in [0.5, 0.6) is 11.5 Å². The number of fused-ring (bicyclic) bond motifs is 1. The van der Waals surface area contributed by atoms with Crippen LogP contribution in [0.1, 0.15) is 12.5 Å². The van der Waals surface area contributed by atoms with E-state index in [0.29, 0.717) is 37.3 Å². The van der Waals surface area contributed by atoms with E-state index in [0.717, 1.165) is 28.3 Å². The van der Waals surface area contributed by atoms with Crippen molar-refractivity contribution in [3.05, 3.63) is 78.6 Å². The maximum atomic E-state index is 13.1. The Balaban J connectivity index is 1.33. The van der Waals surface area contributed by atoms with Crippen molar-refractivity contribution in [1.29, 1.82) is 0 Å². The minimum Gasteiger partial charge on any atom is -0.486 e. The number of benzene rings is 2. The number of carbonyl (C=O) groups is 1. The highest BCUT2D eigenvalue weighted by Crippen LogP contribution is 2.31. The number of nitrogens with zero attached hydrogens (tertiary/aromatic N) is 5. The molecular formula is C26H25N5O3S. The molecule has 3 heterocycles. The van der Waals surface area contributed by atoms with Gasteiger partial charge in [0.05, 0.1) is 5.75 Å². The van der Waals surface area contributed by atoms with Crippen molar-refractivity contribution in [2.75, 3.05) is 25.5 Å². The first-order valence-electron chi connectivity index (χ1n) is 11.4. The Labute approximate surface area is 207 Å². The lowest BCUT2D eigenvalue weighted by Crippen LogP contribution is -2.31. The summed E-state index contributed by atoms with van der Waals surface area (Å²) in [4.78, 5) is 19.2. The largest absolute Gasteiger partial charge is 0.486 e. The highest BCUT2D eigenvalue weighted by Gasteiger charge is 2.20. The van der Waals surface area contributed by atoms with E-state index in [9.17, 15) is 4.79 Å². The Morgan fingerprint density at radius 1 is 1.03 bits per heavy atom. The predicted molar refractivity (Wildman–Crippen MR) is 134 cm³/mol. The molecule has 9 heteroatoms. The van der Waals surface area contributed by atoms with Crippen molar-refractivity contribution in [3.63, 3.8) is 0 Å². The van der Waals surface area contributed by atoms with Gasteiger partial charge in [-0.25, -0.2) is 0 Å². The Morgan fingerprint density at radius 3 is 2.63 bits per heavy atom. The standard InChI is InChI=1S/C26H25N5O3S/c1-2-30(17-19-10-11-22-23(15-19)34-14-13-33-22)24(32)18-35-26-29-28-25(20-7-6-12-27-16-20)31(26)21-8-4-3-5-9-21/h3-12,15-16H,2,13-14,17-18H2,1H3. The lowest BCUT2D eigenvalue weighted by Gasteiger charge is -2.23. The summed E-state index contributed by atoms with van der Waals surface area (Å²) < 4.78 is 13.2. The highest BCUT2D eigenvalue weighted by atomic mass is 32.2. The number of thioether (sulfide) groups is 1. The number of aromatic nitrogens is 4. The van der Waals surface area contributed by atoms with E-state index < -0.39 is 0 Å². The third-order valence-corrected chi connectivity index (χ3v) is 6.52. The first kappa shape index (κ1) is 22.9. The number of carbonyl (C=O) groups excluding carboxylic acids is 1. The summed E-state index contributed by atoms with van der Waals surface area (Å²) in [6.45, 7) is 4.17. The molecule has 1 aliphatic heterocycles. The second-order valence-corrected chi connectivity index (χ2v) is 8.84. The molecule has 8 nitrogen and oxygen atoms in total. The number of hydrogen-bond donors (Lipinski definition) is 0. The number of pyridine rings is 1. The first-order valence-corrected chi connectivity index (χ1v) is 12.4. The summed E-state index contributed by atoms with van der Waals surface area (Å²) in [5, 5.41) is 9.47. The lowest BCUT2D eigenvalue weighted by molar-refractivity contribution is -0.128. The van der Waals surface area contributed by atoms with Crippen molar-refractivity contribution in [2.45, 2.75) is 18.6 Å². The predicted octanol–water partition coefficient (Wildman–Crippen LogP) is 4.24. The summed E-state index contributed by atoms with van der Waals surface area (Å²) >= 11 is 1.38. The summed E-state index contributed by atoms with van der Waals surface area (Å²) in [6.07, 6.45) is 3.48. The van der Waals surface area contributed by atoms with Crippen LogP contribution in [0.2, 0.25) is 0 Å². The molecule has 0 fully saturated rings. The van der Waals surface area contributed by atoms with Gasteiger partial charge in [-0.1, -0.05) is 36.0 Å². The van der Waals surface area contributed by atoms with Crippen molar-refractivity contribution < 1.29 is 14.3 Å². The molecule has 0 spiro atoms. The Morgan fingerprint density at radius 2 is 1.86 bits per heavy atom. The molecule has 0 saturated heterocycles. The number of ether oxygens (including phenoxy) is 2. The van der Waals surface area contributed by atoms with Crippen molar-refractivity contribution in [3.8, 4) is 28.6 Å². The minimum absolute atomic E-state index is 0.0259. The van der Waals surface area contributed by atoms with Gasteiger partial charge in [0, 0.05) is 36.7 Å². The Kier molecular flexibility index (Phi) is 6.94.